The topological polar surface area (TPSA) is 203 Å². The van der Waals surface area contributed by atoms with E-state index in [1.165, 1.54) is 0 Å². The smallest absolute Gasteiger partial charge is 0.255 e. The predicted molar refractivity (Wildman–Crippen MR) is 138 cm³/mol. The van der Waals surface area contributed by atoms with Gasteiger partial charge in [-0.15, -0.1) is 0 Å². The number of primary amides is 1. The van der Waals surface area contributed by atoms with E-state index >= 15 is 4.39 Å². The van der Waals surface area contributed by atoms with Gasteiger partial charge in [-0.05, 0) is 51.2 Å². The van der Waals surface area contributed by atoms with Gasteiger partial charge in [0, 0.05) is 23.1 Å². The van der Waals surface area contributed by atoms with E-state index in [4.69, 9.17) is 5.73 Å². The molecule has 1 saturated heterocycles. The predicted octanol–water partition coefficient (Wildman–Crippen LogP) is 0.342. The van der Waals surface area contributed by atoms with Crippen molar-refractivity contribution in [3.05, 3.63) is 45.7 Å². The number of carbonyl (C=O) groups excluding carboxylic acids is 4. The van der Waals surface area contributed by atoms with Gasteiger partial charge in [-0.25, -0.2) is 4.39 Å². The highest BCUT2D eigenvalue weighted by Gasteiger charge is 2.62. The molecule has 214 valence electrons. The fourth-order valence-corrected chi connectivity index (χ4v) is 6.58. The average Bonchev–Trinajstić information content (AvgIpc) is 3.39. The number of nitrogens with two attached hydrogens (primary N) is 1. The molecular formula is C27H31FN4O8. The van der Waals surface area contributed by atoms with E-state index < -0.39 is 86.7 Å². The molecule has 1 fully saturated rings. The van der Waals surface area contributed by atoms with E-state index in [2.05, 4.69) is 10.6 Å². The number of carbonyl (C=O) groups is 4. The molecule has 4 aliphatic rings. The lowest BCUT2D eigenvalue weighted by molar-refractivity contribution is -0.146. The summed E-state index contributed by atoms with van der Waals surface area (Å²) >= 11 is 0. The first-order valence-electron chi connectivity index (χ1n) is 13.2. The Labute approximate surface area is 228 Å². The number of likely N-dealkylation sites (N-methyl/N-ethyl adjacent to an activating group) is 1. The number of phenols is 1. The number of phenolic OH excluding ortho intramolecular Hbond substituents is 1. The highest BCUT2D eigenvalue weighted by Crippen LogP contribution is 2.52. The minimum absolute atomic E-state index is 0.0200. The van der Waals surface area contributed by atoms with Crippen molar-refractivity contribution in [1.82, 2.24) is 10.2 Å². The fourth-order valence-electron chi connectivity index (χ4n) is 6.58. The van der Waals surface area contributed by atoms with Gasteiger partial charge in [0.1, 0.15) is 22.9 Å². The Bertz CT molecular complexity index is 1400. The molecule has 4 atom stereocenters. The lowest BCUT2D eigenvalue weighted by Gasteiger charge is -2.48. The summed E-state index contributed by atoms with van der Waals surface area (Å²) in [6.07, 6.45) is 1.55. The molecule has 1 heterocycles. The van der Waals surface area contributed by atoms with Crippen LogP contribution in [-0.2, 0) is 20.8 Å². The molecule has 1 aliphatic heterocycles. The average molecular weight is 559 g/mol. The number of rotatable bonds is 6. The van der Waals surface area contributed by atoms with Crippen LogP contribution < -0.4 is 16.4 Å². The minimum Gasteiger partial charge on any atom is -0.510 e. The van der Waals surface area contributed by atoms with E-state index in [0.717, 1.165) is 32.0 Å². The number of Topliss-reactive ketones (excluding diaryl/α,β-unsaturated/α-hetero) is 2. The molecule has 3 aliphatic carbocycles. The van der Waals surface area contributed by atoms with E-state index in [1.54, 1.807) is 6.92 Å². The maximum absolute atomic E-state index is 15.3. The Morgan fingerprint density at radius 1 is 1.20 bits per heavy atom. The van der Waals surface area contributed by atoms with E-state index in [9.17, 15) is 39.6 Å². The molecule has 1 aromatic rings. The molecular weight excluding hydrogens is 527 g/mol. The minimum atomic E-state index is -2.79. The zero-order chi connectivity index (χ0) is 29.1. The van der Waals surface area contributed by atoms with Crippen molar-refractivity contribution in [3.8, 4) is 5.75 Å². The summed E-state index contributed by atoms with van der Waals surface area (Å²) in [6, 6.07) is -0.252. The number of aliphatic hydroxyl groups excluding tert-OH is 2. The van der Waals surface area contributed by atoms with Gasteiger partial charge in [0.05, 0.1) is 23.8 Å². The van der Waals surface area contributed by atoms with Crippen molar-refractivity contribution >= 4 is 29.1 Å². The maximum atomic E-state index is 15.3. The number of nitrogens with zero attached hydrogens (tertiary/aromatic N) is 1. The Hall–Kier alpha value is -3.81. The van der Waals surface area contributed by atoms with Crippen LogP contribution in [-0.4, -0.2) is 86.5 Å². The Balaban J connectivity index is 1.57. The van der Waals surface area contributed by atoms with Gasteiger partial charge >= 0.3 is 0 Å². The monoisotopic (exact) mass is 558 g/mol. The zero-order valence-electron chi connectivity index (χ0n) is 21.8. The van der Waals surface area contributed by atoms with Crippen LogP contribution in [0.4, 0.5) is 10.1 Å². The van der Waals surface area contributed by atoms with Gasteiger partial charge < -0.3 is 36.8 Å². The van der Waals surface area contributed by atoms with Gasteiger partial charge in [0.25, 0.3) is 5.91 Å². The van der Waals surface area contributed by atoms with E-state index in [0.29, 0.717) is 0 Å². The number of likely N-dealkylation sites (tertiary alicyclic amines) is 1. The summed E-state index contributed by atoms with van der Waals surface area (Å²) < 4.78 is 15.3. The fraction of sp³-hybridized carbons (Fsp3) is 0.481. The standard InChI is InChI=1S/C27H31FN4O8/c1-2-30-20-13-8-11-7-12-14(28)9-15(31-16(33)10-32-5-3-4-6-32)21(34)18(12)22(35)17(11)24(37)27(13,40)25(38)19(23(20)36)26(29)39/h9,11,13,20,30,34,36-37,40H,2-8,10H2,1H3,(H2,29,39)(H,31,33)/t11-,13-,20-,27-/m0/s1. The molecule has 2 amide bonds. The molecule has 12 nitrogen and oxygen atoms in total. The number of aliphatic hydroxyl groups is 3. The van der Waals surface area contributed by atoms with Gasteiger partial charge in [0.15, 0.2) is 17.1 Å². The second kappa shape index (κ2) is 9.98. The number of fused-ring (bicyclic) bond motifs is 3. The second-order valence-corrected chi connectivity index (χ2v) is 10.7. The van der Waals surface area contributed by atoms with Crippen molar-refractivity contribution in [1.29, 1.82) is 0 Å². The highest BCUT2D eigenvalue weighted by atomic mass is 19.1. The van der Waals surface area contributed by atoms with Crippen molar-refractivity contribution in [2.75, 3.05) is 31.5 Å². The summed E-state index contributed by atoms with van der Waals surface area (Å²) in [5.41, 5.74) is 0.205. The number of ketones is 2. The quantitative estimate of drug-likeness (QED) is 0.188. The van der Waals surface area contributed by atoms with Crippen LogP contribution in [0.25, 0.3) is 0 Å². The number of amides is 2. The van der Waals surface area contributed by atoms with Crippen LogP contribution in [0, 0.1) is 17.7 Å². The SMILES string of the molecule is CCN[C@@H]1C(O)=C(C(N)=O)C(=O)[C@@]2(O)C(O)=C3C(=O)c4c(O)c(NC(=O)CN5CCCC5)cc(F)c4C[C@H]3C[C@@H]12. The third-order valence-corrected chi connectivity index (χ3v) is 8.41. The first kappa shape index (κ1) is 27.7. The number of aromatic hydroxyl groups is 1. The number of nitrogens with one attached hydrogen (secondary N) is 2. The number of benzene rings is 1. The van der Waals surface area contributed by atoms with Crippen molar-refractivity contribution in [3.63, 3.8) is 0 Å². The van der Waals surface area contributed by atoms with Gasteiger partial charge in [-0.3, -0.25) is 24.1 Å². The molecule has 0 unspecified atom stereocenters. The third kappa shape index (κ3) is 4.07. The zero-order valence-corrected chi connectivity index (χ0v) is 21.8. The van der Waals surface area contributed by atoms with Crippen LogP contribution in [0.5, 0.6) is 5.75 Å². The summed E-state index contributed by atoms with van der Waals surface area (Å²) in [7, 11) is 0. The first-order valence-corrected chi connectivity index (χ1v) is 13.2. The third-order valence-electron chi connectivity index (χ3n) is 8.41. The number of hydrogen-bond donors (Lipinski definition) is 7. The van der Waals surface area contributed by atoms with Crippen LogP contribution >= 0.6 is 0 Å². The van der Waals surface area contributed by atoms with Crippen LogP contribution in [0.1, 0.15) is 42.1 Å². The van der Waals surface area contributed by atoms with Gasteiger partial charge in [-0.2, -0.15) is 0 Å². The number of halogens is 1. The molecule has 1 aromatic carbocycles. The summed E-state index contributed by atoms with van der Waals surface area (Å²) in [5.74, 6) is -9.67. The highest BCUT2D eigenvalue weighted by molar-refractivity contribution is 6.25. The number of anilines is 1. The maximum Gasteiger partial charge on any atom is 0.255 e. The second-order valence-electron chi connectivity index (χ2n) is 10.7. The van der Waals surface area contributed by atoms with Crippen LogP contribution in [0.2, 0.25) is 0 Å². The summed E-state index contributed by atoms with van der Waals surface area (Å²) in [4.78, 5) is 53.5. The van der Waals surface area contributed by atoms with E-state index in [-0.39, 0.29) is 37.2 Å². The Morgan fingerprint density at radius 2 is 1.88 bits per heavy atom. The van der Waals surface area contributed by atoms with Gasteiger partial charge in [-0.1, -0.05) is 6.92 Å². The molecule has 13 heteroatoms. The lowest BCUT2D eigenvalue weighted by atomic mass is 9.58. The van der Waals surface area contributed by atoms with E-state index in [1.807, 2.05) is 4.90 Å². The molecule has 40 heavy (non-hydrogen) atoms. The molecule has 0 spiro atoms. The molecule has 5 rings (SSSR count). The largest absolute Gasteiger partial charge is 0.510 e. The molecule has 0 bridgehead atoms. The normalized spacial score (nSPS) is 28.3. The first-order chi connectivity index (χ1) is 18.9. The number of allylic oxidation sites excluding steroid dienone is 1. The Morgan fingerprint density at radius 3 is 2.50 bits per heavy atom. The van der Waals surface area contributed by atoms with Crippen molar-refractivity contribution in [2.45, 2.75) is 44.2 Å². The molecule has 8 N–H and O–H groups in total. The molecule has 0 saturated carbocycles. The Kier molecular flexibility index (Phi) is 6.92. The van der Waals surface area contributed by atoms with Crippen LogP contribution in [0.15, 0.2) is 28.7 Å². The van der Waals surface area contributed by atoms with Gasteiger partial charge in [0.2, 0.25) is 11.7 Å². The molecule has 0 aromatic heterocycles. The lowest BCUT2D eigenvalue weighted by Crippen LogP contribution is -2.64. The summed E-state index contributed by atoms with van der Waals surface area (Å²) in [6.45, 7) is 3.39. The number of hydrogen-bond acceptors (Lipinski definition) is 10. The van der Waals surface area contributed by atoms with Crippen LogP contribution in [0.3, 0.4) is 0 Å². The molecule has 0 radical (unpaired) electrons. The van der Waals surface area contributed by atoms with Crippen molar-refractivity contribution in [2.24, 2.45) is 17.6 Å². The van der Waals surface area contributed by atoms with Crippen molar-refractivity contribution < 1.29 is 44.0 Å². The summed E-state index contributed by atoms with van der Waals surface area (Å²) in [5, 5.41) is 49.9.